The number of rotatable bonds is 4. The van der Waals surface area contributed by atoms with Crippen molar-refractivity contribution < 1.29 is 4.79 Å². The lowest BCUT2D eigenvalue weighted by Gasteiger charge is -2.35. The first-order valence-electron chi connectivity index (χ1n) is 8.81. The van der Waals surface area contributed by atoms with Crippen molar-refractivity contribution in [3.05, 3.63) is 71.8 Å². The Balaban J connectivity index is 1.59. The van der Waals surface area contributed by atoms with Crippen molar-refractivity contribution in [1.29, 1.82) is 0 Å². The predicted octanol–water partition coefficient (Wildman–Crippen LogP) is 3.73. The van der Waals surface area contributed by atoms with Crippen LogP contribution >= 0.6 is 0 Å². The minimum absolute atomic E-state index is 0.179. The van der Waals surface area contributed by atoms with E-state index in [0.717, 1.165) is 31.5 Å². The summed E-state index contributed by atoms with van der Waals surface area (Å²) in [6.07, 6.45) is 2.06. The molecular weight excluding hydrogens is 296 g/mol. The fourth-order valence-corrected chi connectivity index (χ4v) is 3.56. The van der Waals surface area contributed by atoms with E-state index in [9.17, 15) is 4.79 Å². The molecule has 1 amide bonds. The summed E-state index contributed by atoms with van der Waals surface area (Å²) in [6, 6.07) is 20.3. The van der Waals surface area contributed by atoms with Crippen LogP contribution in [0.4, 0.5) is 0 Å². The molecule has 24 heavy (non-hydrogen) atoms. The summed E-state index contributed by atoms with van der Waals surface area (Å²) < 4.78 is 0. The number of likely N-dealkylation sites (tertiary alicyclic amines) is 1. The summed E-state index contributed by atoms with van der Waals surface area (Å²) >= 11 is 0. The molecule has 1 fully saturated rings. The molecule has 1 aliphatic rings. The number of nitrogens with zero attached hydrogens (tertiary/aromatic N) is 1. The van der Waals surface area contributed by atoms with Gasteiger partial charge in [0.15, 0.2) is 0 Å². The normalized spacial score (nSPS) is 18.2. The number of hydrogen-bond acceptors (Lipinski definition) is 2. The number of carbonyl (C=O) groups is 1. The number of benzene rings is 2. The number of amides is 1. The molecule has 3 nitrogen and oxygen atoms in total. The van der Waals surface area contributed by atoms with Gasteiger partial charge in [0.2, 0.25) is 5.91 Å². The first-order valence-corrected chi connectivity index (χ1v) is 8.81. The Morgan fingerprint density at radius 1 is 1.00 bits per heavy atom. The maximum atomic E-state index is 12.8. The molecule has 1 aliphatic heterocycles. The SMILES string of the molecule is CC(C(=O)N1CCC(c2ccccc2)CC1)C(N)c1ccccc1. The van der Waals surface area contributed by atoms with Gasteiger partial charge < -0.3 is 10.6 Å². The first kappa shape index (κ1) is 16.7. The Bertz CT molecular complexity index is 648. The van der Waals surface area contributed by atoms with Crippen LogP contribution in [0.5, 0.6) is 0 Å². The lowest BCUT2D eigenvalue weighted by Crippen LogP contribution is -2.43. The van der Waals surface area contributed by atoms with Gasteiger partial charge in [-0.2, -0.15) is 0 Å². The quantitative estimate of drug-likeness (QED) is 0.932. The summed E-state index contributed by atoms with van der Waals surface area (Å²) in [6.45, 7) is 3.60. The highest BCUT2D eigenvalue weighted by atomic mass is 16.2. The van der Waals surface area contributed by atoms with E-state index < -0.39 is 0 Å². The van der Waals surface area contributed by atoms with Gasteiger partial charge in [0.25, 0.3) is 0 Å². The molecule has 2 N–H and O–H groups in total. The topological polar surface area (TPSA) is 46.3 Å². The molecule has 2 aromatic rings. The predicted molar refractivity (Wildman–Crippen MR) is 97.5 cm³/mol. The van der Waals surface area contributed by atoms with Crippen molar-refractivity contribution >= 4 is 5.91 Å². The van der Waals surface area contributed by atoms with Gasteiger partial charge in [-0.05, 0) is 29.9 Å². The molecule has 1 heterocycles. The third-order valence-electron chi connectivity index (χ3n) is 5.19. The molecule has 2 unspecified atom stereocenters. The zero-order valence-corrected chi connectivity index (χ0v) is 14.3. The smallest absolute Gasteiger partial charge is 0.227 e. The maximum Gasteiger partial charge on any atom is 0.227 e. The summed E-state index contributed by atoms with van der Waals surface area (Å²) in [5, 5.41) is 0. The van der Waals surface area contributed by atoms with Crippen LogP contribution in [0.15, 0.2) is 60.7 Å². The lowest BCUT2D eigenvalue weighted by atomic mass is 9.88. The second-order valence-corrected chi connectivity index (χ2v) is 6.74. The van der Waals surface area contributed by atoms with E-state index in [4.69, 9.17) is 5.73 Å². The highest BCUT2D eigenvalue weighted by molar-refractivity contribution is 5.79. The number of carbonyl (C=O) groups excluding carboxylic acids is 1. The van der Waals surface area contributed by atoms with Crippen molar-refractivity contribution in [2.45, 2.75) is 31.7 Å². The molecule has 126 valence electrons. The third kappa shape index (κ3) is 3.68. The van der Waals surface area contributed by atoms with Gasteiger partial charge in [-0.1, -0.05) is 67.6 Å². The van der Waals surface area contributed by atoms with Gasteiger partial charge in [-0.25, -0.2) is 0 Å². The van der Waals surface area contributed by atoms with Gasteiger partial charge in [-0.15, -0.1) is 0 Å². The third-order valence-corrected chi connectivity index (χ3v) is 5.19. The van der Waals surface area contributed by atoms with Crippen LogP contribution < -0.4 is 5.73 Å². The second-order valence-electron chi connectivity index (χ2n) is 6.74. The zero-order chi connectivity index (χ0) is 16.9. The first-order chi connectivity index (χ1) is 11.7. The van der Waals surface area contributed by atoms with Gasteiger partial charge in [-0.3, -0.25) is 4.79 Å². The highest BCUT2D eigenvalue weighted by Crippen LogP contribution is 2.29. The Morgan fingerprint density at radius 3 is 2.12 bits per heavy atom. The Labute approximate surface area is 144 Å². The van der Waals surface area contributed by atoms with Gasteiger partial charge in [0, 0.05) is 19.1 Å². The van der Waals surface area contributed by atoms with E-state index >= 15 is 0 Å². The van der Waals surface area contributed by atoms with Crippen LogP contribution in [0.3, 0.4) is 0 Å². The van der Waals surface area contributed by atoms with Crippen LogP contribution in [-0.2, 0) is 4.79 Å². The molecule has 2 aromatic carbocycles. The standard InChI is InChI=1S/C21H26N2O/c1-16(20(22)19-10-6-3-7-11-19)21(24)23-14-12-18(13-15-23)17-8-4-2-5-9-17/h2-11,16,18,20H,12-15,22H2,1H3. The molecule has 0 aliphatic carbocycles. The molecular formula is C21H26N2O. The fourth-order valence-electron chi connectivity index (χ4n) is 3.56. The van der Waals surface area contributed by atoms with E-state index in [1.54, 1.807) is 0 Å². The fraction of sp³-hybridized carbons (Fsp3) is 0.381. The molecule has 1 saturated heterocycles. The molecule has 2 atom stereocenters. The molecule has 3 heteroatoms. The van der Waals surface area contributed by atoms with Gasteiger partial charge >= 0.3 is 0 Å². The van der Waals surface area contributed by atoms with Gasteiger partial charge in [0.05, 0.1) is 5.92 Å². The lowest BCUT2D eigenvalue weighted by molar-refractivity contribution is -0.136. The van der Waals surface area contributed by atoms with E-state index in [1.165, 1.54) is 5.56 Å². The van der Waals surface area contributed by atoms with Crippen molar-refractivity contribution in [3.63, 3.8) is 0 Å². The van der Waals surface area contributed by atoms with Crippen LogP contribution in [0.2, 0.25) is 0 Å². The number of nitrogens with two attached hydrogens (primary N) is 1. The van der Waals surface area contributed by atoms with Crippen molar-refractivity contribution in [1.82, 2.24) is 4.90 Å². The minimum Gasteiger partial charge on any atom is -0.342 e. The molecule has 0 spiro atoms. The van der Waals surface area contributed by atoms with E-state index in [1.807, 2.05) is 42.2 Å². The molecule has 0 saturated carbocycles. The average molecular weight is 322 g/mol. The average Bonchev–Trinajstić information content (AvgIpc) is 2.68. The highest BCUT2D eigenvalue weighted by Gasteiger charge is 2.29. The summed E-state index contributed by atoms with van der Waals surface area (Å²) in [7, 11) is 0. The molecule has 0 bridgehead atoms. The van der Waals surface area contributed by atoms with E-state index in [0.29, 0.717) is 5.92 Å². The number of hydrogen-bond donors (Lipinski definition) is 1. The molecule has 0 radical (unpaired) electrons. The van der Waals surface area contributed by atoms with Crippen molar-refractivity contribution in [2.75, 3.05) is 13.1 Å². The molecule has 0 aromatic heterocycles. The summed E-state index contributed by atoms with van der Waals surface area (Å²) in [5.74, 6) is 0.548. The van der Waals surface area contributed by atoms with Gasteiger partial charge in [0.1, 0.15) is 0 Å². The van der Waals surface area contributed by atoms with Crippen LogP contribution in [0.1, 0.15) is 42.9 Å². The van der Waals surface area contributed by atoms with Crippen LogP contribution in [0.25, 0.3) is 0 Å². The summed E-state index contributed by atoms with van der Waals surface area (Å²) in [4.78, 5) is 14.8. The second kappa shape index (κ2) is 7.63. The minimum atomic E-state index is -0.245. The van der Waals surface area contributed by atoms with Crippen molar-refractivity contribution in [2.24, 2.45) is 11.7 Å². The Hall–Kier alpha value is -2.13. The van der Waals surface area contributed by atoms with Crippen LogP contribution in [-0.4, -0.2) is 23.9 Å². The van der Waals surface area contributed by atoms with E-state index in [-0.39, 0.29) is 17.9 Å². The Kier molecular flexibility index (Phi) is 5.31. The summed E-state index contributed by atoms with van der Waals surface area (Å²) in [5.41, 5.74) is 8.73. The molecule has 3 rings (SSSR count). The maximum absolute atomic E-state index is 12.8. The Morgan fingerprint density at radius 2 is 1.54 bits per heavy atom. The largest absolute Gasteiger partial charge is 0.342 e. The zero-order valence-electron chi connectivity index (χ0n) is 14.3. The van der Waals surface area contributed by atoms with E-state index in [2.05, 4.69) is 30.3 Å². The van der Waals surface area contributed by atoms with Crippen LogP contribution in [0, 0.1) is 5.92 Å². The number of piperidine rings is 1. The monoisotopic (exact) mass is 322 g/mol. The van der Waals surface area contributed by atoms with Crippen molar-refractivity contribution in [3.8, 4) is 0 Å².